The number of aliphatic hydroxyl groups excluding tert-OH is 3. The number of aliphatic hydroxyl groups is 3. The molecule has 0 aliphatic heterocycles. The molecule has 0 radical (unpaired) electrons. The molecule has 7 nitrogen and oxygen atoms in total. The van der Waals surface area contributed by atoms with Gasteiger partial charge >= 0.3 is 5.97 Å². The van der Waals surface area contributed by atoms with E-state index in [1.807, 2.05) is 0 Å². The second-order valence-electron chi connectivity index (χ2n) is 4.07. The summed E-state index contributed by atoms with van der Waals surface area (Å²) in [6.45, 7) is 0.303. The minimum absolute atomic E-state index is 0.136. The van der Waals surface area contributed by atoms with Gasteiger partial charge in [0.15, 0.2) is 0 Å². The summed E-state index contributed by atoms with van der Waals surface area (Å²) in [6.07, 6.45) is -2.84. The summed E-state index contributed by atoms with van der Waals surface area (Å²) in [5.74, 6) is -1.54. The number of hydrogen-bond acceptors (Lipinski definition) is 7. The average molecular weight is 272 g/mol. The zero-order valence-electron chi connectivity index (χ0n) is 10.3. The van der Waals surface area contributed by atoms with Gasteiger partial charge in [-0.25, -0.2) is 4.79 Å². The van der Waals surface area contributed by atoms with Crippen LogP contribution >= 0.6 is 0 Å². The summed E-state index contributed by atoms with van der Waals surface area (Å²) in [4.78, 5) is 11.7. The Labute approximate surface area is 109 Å². The molecule has 1 rings (SSSR count). The summed E-state index contributed by atoms with van der Waals surface area (Å²) >= 11 is 0. The van der Waals surface area contributed by atoms with Gasteiger partial charge in [-0.2, -0.15) is 0 Å². The first kappa shape index (κ1) is 15.2. The molecule has 0 fully saturated rings. The van der Waals surface area contributed by atoms with Crippen LogP contribution in [0.3, 0.4) is 0 Å². The van der Waals surface area contributed by atoms with E-state index in [1.54, 1.807) is 0 Å². The van der Waals surface area contributed by atoms with Gasteiger partial charge in [0.05, 0.1) is 6.61 Å². The molecule has 0 amide bonds. The lowest BCUT2D eigenvalue weighted by Crippen LogP contribution is -2.34. The molecule has 5 N–H and O–H groups in total. The van der Waals surface area contributed by atoms with Gasteiger partial charge in [-0.05, 0) is 18.6 Å². The van der Waals surface area contributed by atoms with Gasteiger partial charge in [0, 0.05) is 6.07 Å². The van der Waals surface area contributed by atoms with Crippen molar-refractivity contribution >= 4 is 5.97 Å². The maximum Gasteiger partial charge on any atom is 0.342 e. The van der Waals surface area contributed by atoms with Crippen LogP contribution in [0.25, 0.3) is 0 Å². The second kappa shape index (κ2) is 6.37. The number of aryl methyl sites for hydroxylation is 1. The van der Waals surface area contributed by atoms with Crippen LogP contribution in [0.2, 0.25) is 0 Å². The summed E-state index contributed by atoms with van der Waals surface area (Å²) < 4.78 is 4.71. The third-order valence-electron chi connectivity index (χ3n) is 2.52. The molecule has 0 spiro atoms. The molecule has 106 valence electrons. The SMILES string of the molecule is Cc1cc(O)cc(O)c1C(=O)OC[C@@H](O)[C@@H](O)CO. The predicted octanol–water partition coefficient (Wildman–Crippen LogP) is -0.723. The van der Waals surface area contributed by atoms with Crippen molar-refractivity contribution in [1.29, 1.82) is 0 Å². The quantitative estimate of drug-likeness (QED) is 0.447. The number of esters is 1. The second-order valence-corrected chi connectivity index (χ2v) is 4.07. The number of benzene rings is 1. The van der Waals surface area contributed by atoms with Crippen LogP contribution in [0, 0.1) is 6.92 Å². The standard InChI is InChI=1S/C12H16O7/c1-6-2-7(14)3-8(15)11(6)12(18)19-5-10(17)9(16)4-13/h2-3,9-10,13-17H,4-5H2,1H3/t9-,10+/m0/s1. The summed E-state index contributed by atoms with van der Waals surface area (Å²) in [5, 5.41) is 45.7. The molecule has 2 atom stereocenters. The molecular formula is C12H16O7. The number of carbonyl (C=O) groups is 1. The van der Waals surface area contributed by atoms with Gasteiger partial charge in [-0.3, -0.25) is 0 Å². The van der Waals surface area contributed by atoms with Gasteiger partial charge in [0.1, 0.15) is 35.9 Å². The largest absolute Gasteiger partial charge is 0.508 e. The molecule has 0 unspecified atom stereocenters. The Hall–Kier alpha value is -1.83. The average Bonchev–Trinajstić information content (AvgIpc) is 2.33. The molecule has 7 heteroatoms. The normalized spacial score (nSPS) is 13.9. The van der Waals surface area contributed by atoms with E-state index in [1.165, 1.54) is 13.0 Å². The Kier molecular flexibility index (Phi) is 5.11. The van der Waals surface area contributed by atoms with Crippen LogP contribution in [0.15, 0.2) is 12.1 Å². The summed E-state index contributed by atoms with van der Waals surface area (Å²) in [6, 6.07) is 2.26. The van der Waals surface area contributed by atoms with Crippen molar-refractivity contribution in [2.45, 2.75) is 19.1 Å². The van der Waals surface area contributed by atoms with E-state index in [2.05, 4.69) is 0 Å². The first-order valence-corrected chi connectivity index (χ1v) is 5.53. The number of rotatable bonds is 5. The van der Waals surface area contributed by atoms with Crippen LogP contribution in [-0.4, -0.2) is 56.9 Å². The molecular weight excluding hydrogens is 256 g/mol. The first-order valence-electron chi connectivity index (χ1n) is 5.53. The molecule has 0 bridgehead atoms. The lowest BCUT2D eigenvalue weighted by molar-refractivity contribution is -0.0468. The molecule has 19 heavy (non-hydrogen) atoms. The van der Waals surface area contributed by atoms with Crippen molar-refractivity contribution in [3.63, 3.8) is 0 Å². The van der Waals surface area contributed by atoms with Crippen molar-refractivity contribution in [3.05, 3.63) is 23.3 Å². The number of ether oxygens (including phenoxy) is 1. The van der Waals surface area contributed by atoms with E-state index in [0.29, 0.717) is 5.56 Å². The van der Waals surface area contributed by atoms with Gasteiger partial charge in [0.25, 0.3) is 0 Å². The van der Waals surface area contributed by atoms with Crippen LogP contribution in [0.4, 0.5) is 0 Å². The topological polar surface area (TPSA) is 127 Å². The third kappa shape index (κ3) is 3.82. The molecule has 0 heterocycles. The van der Waals surface area contributed by atoms with Gasteiger partial charge in [-0.1, -0.05) is 0 Å². The fourth-order valence-electron chi connectivity index (χ4n) is 1.48. The van der Waals surface area contributed by atoms with E-state index in [0.717, 1.165) is 6.07 Å². The zero-order valence-corrected chi connectivity index (χ0v) is 10.3. The Morgan fingerprint density at radius 3 is 2.42 bits per heavy atom. The lowest BCUT2D eigenvalue weighted by Gasteiger charge is -2.16. The number of carbonyl (C=O) groups excluding carboxylic acids is 1. The number of aromatic hydroxyl groups is 2. The molecule has 0 saturated heterocycles. The third-order valence-corrected chi connectivity index (χ3v) is 2.52. The van der Waals surface area contributed by atoms with E-state index in [-0.39, 0.29) is 11.3 Å². The van der Waals surface area contributed by atoms with Crippen LogP contribution in [-0.2, 0) is 4.74 Å². The molecule has 0 aliphatic rings. The fraction of sp³-hybridized carbons (Fsp3) is 0.417. The Balaban J connectivity index is 2.74. The minimum atomic E-state index is -1.42. The maximum atomic E-state index is 11.7. The van der Waals surface area contributed by atoms with Crippen LogP contribution in [0.1, 0.15) is 15.9 Å². The Bertz CT molecular complexity index is 434. The molecule has 0 aromatic heterocycles. The number of hydrogen-bond donors (Lipinski definition) is 5. The van der Waals surface area contributed by atoms with E-state index in [4.69, 9.17) is 14.9 Å². The zero-order chi connectivity index (χ0) is 14.6. The van der Waals surface area contributed by atoms with Crippen molar-refractivity contribution in [2.75, 3.05) is 13.2 Å². The van der Waals surface area contributed by atoms with Crippen LogP contribution < -0.4 is 0 Å². The Morgan fingerprint density at radius 1 is 1.26 bits per heavy atom. The van der Waals surface area contributed by atoms with E-state index in [9.17, 15) is 20.1 Å². The summed E-state index contributed by atoms with van der Waals surface area (Å²) in [5.41, 5.74) is 0.170. The Morgan fingerprint density at radius 2 is 1.89 bits per heavy atom. The van der Waals surface area contributed by atoms with Crippen molar-refractivity contribution < 1.29 is 35.1 Å². The highest BCUT2D eigenvalue weighted by atomic mass is 16.5. The molecule has 1 aromatic rings. The lowest BCUT2D eigenvalue weighted by atomic mass is 10.1. The van der Waals surface area contributed by atoms with E-state index >= 15 is 0 Å². The van der Waals surface area contributed by atoms with Crippen LogP contribution in [0.5, 0.6) is 11.5 Å². The molecule has 1 aromatic carbocycles. The molecule has 0 aliphatic carbocycles. The molecule has 0 saturated carbocycles. The first-order chi connectivity index (χ1) is 8.86. The number of phenolic OH excluding ortho intramolecular Hbond substituents is 2. The predicted molar refractivity (Wildman–Crippen MR) is 63.9 cm³/mol. The highest BCUT2D eigenvalue weighted by Gasteiger charge is 2.21. The van der Waals surface area contributed by atoms with Gasteiger partial charge in [-0.15, -0.1) is 0 Å². The fourth-order valence-corrected chi connectivity index (χ4v) is 1.48. The van der Waals surface area contributed by atoms with Crippen molar-refractivity contribution in [2.24, 2.45) is 0 Å². The highest BCUT2D eigenvalue weighted by molar-refractivity contribution is 5.94. The minimum Gasteiger partial charge on any atom is -0.508 e. The maximum absolute atomic E-state index is 11.7. The number of phenols is 2. The monoisotopic (exact) mass is 272 g/mol. The smallest absolute Gasteiger partial charge is 0.342 e. The van der Waals surface area contributed by atoms with Gasteiger partial charge in [0.2, 0.25) is 0 Å². The van der Waals surface area contributed by atoms with E-state index < -0.39 is 37.1 Å². The van der Waals surface area contributed by atoms with Gasteiger partial charge < -0.3 is 30.3 Å². The summed E-state index contributed by atoms with van der Waals surface area (Å²) in [7, 11) is 0. The highest BCUT2D eigenvalue weighted by Crippen LogP contribution is 2.27. The van der Waals surface area contributed by atoms with Crippen molar-refractivity contribution in [1.82, 2.24) is 0 Å². The van der Waals surface area contributed by atoms with Crippen molar-refractivity contribution in [3.8, 4) is 11.5 Å².